The lowest BCUT2D eigenvalue weighted by molar-refractivity contribution is 0.0992. The van der Waals surface area contributed by atoms with Crippen LogP contribution in [0.4, 0.5) is 11.4 Å². The van der Waals surface area contributed by atoms with Crippen molar-refractivity contribution in [1.29, 1.82) is 0 Å². The molecule has 0 saturated heterocycles. The van der Waals surface area contributed by atoms with Crippen molar-refractivity contribution in [3.63, 3.8) is 0 Å². The summed E-state index contributed by atoms with van der Waals surface area (Å²) in [5.74, 6) is 1.98. The van der Waals surface area contributed by atoms with Gasteiger partial charge in [0, 0.05) is 24.5 Å². The van der Waals surface area contributed by atoms with Crippen molar-refractivity contribution in [2.75, 3.05) is 30.4 Å². The van der Waals surface area contributed by atoms with E-state index in [1.54, 1.807) is 19.2 Å². The van der Waals surface area contributed by atoms with Crippen molar-refractivity contribution in [3.05, 3.63) is 72.2 Å². The molecule has 0 fully saturated rings. The van der Waals surface area contributed by atoms with Crippen LogP contribution < -0.4 is 19.7 Å². The lowest BCUT2D eigenvalue weighted by Gasteiger charge is -2.21. The minimum absolute atomic E-state index is 0.234. The van der Waals surface area contributed by atoms with Crippen molar-refractivity contribution in [1.82, 2.24) is 0 Å². The molecule has 0 aliphatic carbocycles. The van der Waals surface area contributed by atoms with Crippen LogP contribution in [0, 0.1) is 0 Å². The number of nitrogens with one attached hydrogen (secondary N) is 1. The van der Waals surface area contributed by atoms with Crippen molar-refractivity contribution < 1.29 is 18.7 Å². The number of nitrogens with zero attached hydrogens (tertiary/aromatic N) is 1. The van der Waals surface area contributed by atoms with Gasteiger partial charge in [0.05, 0.1) is 7.11 Å². The Morgan fingerprint density at radius 2 is 1.59 bits per heavy atom. The van der Waals surface area contributed by atoms with E-state index in [-0.39, 0.29) is 18.3 Å². The fourth-order valence-corrected chi connectivity index (χ4v) is 2.94. The first-order valence-electron chi connectivity index (χ1n) is 9.64. The zero-order valence-electron chi connectivity index (χ0n) is 17.0. The summed E-state index contributed by atoms with van der Waals surface area (Å²) in [6.07, 6.45) is 0. The van der Waals surface area contributed by atoms with Gasteiger partial charge in [0.15, 0.2) is 5.76 Å². The predicted octanol–water partition coefficient (Wildman–Crippen LogP) is 4.97. The van der Waals surface area contributed by atoms with Crippen molar-refractivity contribution in [2.24, 2.45) is 0 Å². The Kier molecular flexibility index (Phi) is 6.79. The first kappa shape index (κ1) is 20.3. The van der Waals surface area contributed by atoms with Crippen LogP contribution in [0.15, 0.2) is 65.1 Å². The summed E-state index contributed by atoms with van der Waals surface area (Å²) in [6, 6.07) is 18.4. The maximum absolute atomic E-state index is 12.4. The maximum atomic E-state index is 12.4. The molecule has 152 valence electrons. The highest BCUT2D eigenvalue weighted by atomic mass is 16.5. The summed E-state index contributed by atoms with van der Waals surface area (Å²) in [5.41, 5.74) is 1.85. The molecule has 1 aromatic heterocycles. The van der Waals surface area contributed by atoms with Gasteiger partial charge in [0.2, 0.25) is 0 Å². The number of anilines is 2. The largest absolute Gasteiger partial charge is 0.497 e. The molecule has 1 N–H and O–H groups in total. The number of hydrogen-bond acceptors (Lipinski definition) is 5. The average molecular weight is 394 g/mol. The first-order valence-corrected chi connectivity index (χ1v) is 9.64. The van der Waals surface area contributed by atoms with E-state index in [2.05, 4.69) is 24.1 Å². The predicted molar refractivity (Wildman–Crippen MR) is 114 cm³/mol. The van der Waals surface area contributed by atoms with Crippen LogP contribution in [-0.4, -0.2) is 26.1 Å². The van der Waals surface area contributed by atoms with Gasteiger partial charge >= 0.3 is 0 Å². The molecular weight excluding hydrogens is 368 g/mol. The Morgan fingerprint density at radius 3 is 2.21 bits per heavy atom. The number of rotatable bonds is 9. The minimum atomic E-state index is -0.295. The van der Waals surface area contributed by atoms with Gasteiger partial charge in [-0.3, -0.25) is 4.79 Å². The molecule has 1 heterocycles. The van der Waals surface area contributed by atoms with Crippen LogP contribution >= 0.6 is 0 Å². The molecule has 3 rings (SSSR count). The van der Waals surface area contributed by atoms with Crippen LogP contribution in [0.5, 0.6) is 11.5 Å². The second kappa shape index (κ2) is 9.68. The first-order chi connectivity index (χ1) is 14.1. The van der Waals surface area contributed by atoms with Gasteiger partial charge in [0.1, 0.15) is 23.9 Å². The van der Waals surface area contributed by atoms with E-state index >= 15 is 0 Å². The van der Waals surface area contributed by atoms with Crippen molar-refractivity contribution >= 4 is 17.3 Å². The highest BCUT2D eigenvalue weighted by Gasteiger charge is 2.12. The van der Waals surface area contributed by atoms with Gasteiger partial charge in [-0.2, -0.15) is 0 Å². The average Bonchev–Trinajstić information content (AvgIpc) is 3.24. The Balaban J connectivity index is 1.56. The lowest BCUT2D eigenvalue weighted by Crippen LogP contribution is -2.21. The summed E-state index contributed by atoms with van der Waals surface area (Å²) < 4.78 is 16.4. The van der Waals surface area contributed by atoms with Gasteiger partial charge in [-0.1, -0.05) is 0 Å². The van der Waals surface area contributed by atoms with Crippen LogP contribution in [0.1, 0.15) is 30.2 Å². The van der Waals surface area contributed by atoms with Crippen molar-refractivity contribution in [3.8, 4) is 11.5 Å². The molecule has 0 unspecified atom stereocenters. The molecular formula is C23H26N2O4. The van der Waals surface area contributed by atoms with Crippen molar-refractivity contribution in [2.45, 2.75) is 20.5 Å². The van der Waals surface area contributed by atoms with E-state index in [1.165, 1.54) is 0 Å². The van der Waals surface area contributed by atoms with Crippen LogP contribution in [0.25, 0.3) is 0 Å². The third kappa shape index (κ3) is 5.31. The molecule has 6 heteroatoms. The fraction of sp³-hybridized carbons (Fsp3) is 0.261. The van der Waals surface area contributed by atoms with E-state index in [0.29, 0.717) is 11.5 Å². The highest BCUT2D eigenvalue weighted by molar-refractivity contribution is 6.02. The molecule has 3 aromatic rings. The van der Waals surface area contributed by atoms with Gasteiger partial charge < -0.3 is 24.1 Å². The molecule has 2 aromatic carbocycles. The third-order valence-corrected chi connectivity index (χ3v) is 4.58. The van der Waals surface area contributed by atoms with Crippen LogP contribution in [0.3, 0.4) is 0 Å². The van der Waals surface area contributed by atoms with Gasteiger partial charge in [-0.25, -0.2) is 0 Å². The highest BCUT2D eigenvalue weighted by Crippen LogP contribution is 2.20. The summed E-state index contributed by atoms with van der Waals surface area (Å²) in [4.78, 5) is 14.7. The van der Waals surface area contributed by atoms with E-state index < -0.39 is 0 Å². The van der Waals surface area contributed by atoms with Crippen LogP contribution in [0.2, 0.25) is 0 Å². The Bertz CT molecular complexity index is 913. The smallest absolute Gasteiger partial charge is 0.291 e. The quantitative estimate of drug-likeness (QED) is 0.555. The lowest BCUT2D eigenvalue weighted by atomic mass is 10.2. The maximum Gasteiger partial charge on any atom is 0.291 e. The topological polar surface area (TPSA) is 63.9 Å². The van der Waals surface area contributed by atoms with E-state index in [0.717, 1.165) is 30.2 Å². The van der Waals surface area contributed by atoms with E-state index in [1.807, 2.05) is 48.5 Å². The Morgan fingerprint density at radius 1 is 0.931 bits per heavy atom. The van der Waals surface area contributed by atoms with E-state index in [9.17, 15) is 4.79 Å². The summed E-state index contributed by atoms with van der Waals surface area (Å²) in [6.45, 7) is 6.35. The number of benzene rings is 2. The zero-order valence-corrected chi connectivity index (χ0v) is 17.0. The zero-order chi connectivity index (χ0) is 20.6. The summed E-state index contributed by atoms with van der Waals surface area (Å²) in [7, 11) is 1.62. The molecule has 0 saturated carbocycles. The molecule has 0 radical (unpaired) electrons. The summed E-state index contributed by atoms with van der Waals surface area (Å²) in [5, 5.41) is 2.85. The van der Waals surface area contributed by atoms with Crippen LogP contribution in [-0.2, 0) is 6.61 Å². The molecule has 6 nitrogen and oxygen atoms in total. The fourth-order valence-electron chi connectivity index (χ4n) is 2.94. The number of carbonyl (C=O) groups excluding carboxylic acids is 1. The Hall–Kier alpha value is -3.41. The molecule has 0 aliphatic rings. The third-order valence-electron chi connectivity index (χ3n) is 4.58. The van der Waals surface area contributed by atoms with Gasteiger partial charge in [-0.05, 0) is 74.5 Å². The van der Waals surface area contributed by atoms with E-state index in [4.69, 9.17) is 13.9 Å². The standard InChI is InChI=1S/C23H26N2O4/c1-4-25(5-2)18-8-6-17(7-9-18)24-23(26)22-15-14-21(29-22)16-28-20-12-10-19(27-3)11-13-20/h6-15H,4-5,16H2,1-3H3,(H,24,26). The summed E-state index contributed by atoms with van der Waals surface area (Å²) >= 11 is 0. The van der Waals surface area contributed by atoms with Gasteiger partial charge in [0.25, 0.3) is 5.91 Å². The molecule has 1 amide bonds. The molecule has 0 spiro atoms. The number of hydrogen-bond donors (Lipinski definition) is 1. The molecule has 0 aliphatic heterocycles. The minimum Gasteiger partial charge on any atom is -0.497 e. The second-order valence-electron chi connectivity index (χ2n) is 6.40. The number of furan rings is 1. The molecule has 0 atom stereocenters. The number of methoxy groups -OCH3 is 1. The number of ether oxygens (including phenoxy) is 2. The van der Waals surface area contributed by atoms with Gasteiger partial charge in [-0.15, -0.1) is 0 Å². The number of amides is 1. The normalized spacial score (nSPS) is 10.4. The number of carbonyl (C=O) groups is 1. The second-order valence-corrected chi connectivity index (χ2v) is 6.40. The molecule has 29 heavy (non-hydrogen) atoms. The monoisotopic (exact) mass is 394 g/mol. The Labute approximate surface area is 171 Å². The molecule has 0 bridgehead atoms. The SMILES string of the molecule is CCN(CC)c1ccc(NC(=O)c2ccc(COc3ccc(OC)cc3)o2)cc1.